The molecule has 2 aromatic carbocycles. The van der Waals surface area contributed by atoms with E-state index < -0.39 is 24.7 Å². The normalized spacial score (nSPS) is 12.0. The summed E-state index contributed by atoms with van der Waals surface area (Å²) in [6.07, 6.45) is 0. The van der Waals surface area contributed by atoms with Crippen LogP contribution in [0.5, 0.6) is 11.5 Å². The van der Waals surface area contributed by atoms with Gasteiger partial charge in [-0.05, 0) is 57.0 Å². The molecule has 0 N–H and O–H groups in total. The third-order valence-corrected chi connectivity index (χ3v) is 5.27. The molecule has 0 aliphatic rings. The van der Waals surface area contributed by atoms with E-state index in [0.717, 1.165) is 28.8 Å². The van der Waals surface area contributed by atoms with Crippen LogP contribution in [0.25, 0.3) is 11.3 Å². The minimum atomic E-state index is -3.25. The third-order valence-electron chi connectivity index (χ3n) is 5.27. The molecule has 10 heteroatoms. The second-order valence-electron chi connectivity index (χ2n) is 7.75. The summed E-state index contributed by atoms with van der Waals surface area (Å²) < 4.78 is 62.7. The number of ether oxygens (including phenoxy) is 2. The van der Waals surface area contributed by atoms with Crippen molar-refractivity contribution in [3.8, 4) is 22.8 Å². The maximum Gasteiger partial charge on any atom is 0.387 e. The molecule has 0 aliphatic heterocycles. The Kier molecular flexibility index (Phi) is 7.48. The second kappa shape index (κ2) is 10.1. The number of alkyl halides is 4. The summed E-state index contributed by atoms with van der Waals surface area (Å²) >= 11 is 0. The van der Waals surface area contributed by atoms with Gasteiger partial charge in [-0.15, -0.1) is 0 Å². The van der Waals surface area contributed by atoms with E-state index in [4.69, 9.17) is 4.99 Å². The first kappa shape index (κ1) is 25.1. The molecule has 0 bridgehead atoms. The summed E-state index contributed by atoms with van der Waals surface area (Å²) in [5.74, 6) is -1.11. The zero-order chi connectivity index (χ0) is 25.2. The summed E-state index contributed by atoms with van der Waals surface area (Å²) in [5.41, 5.74) is 4.26. The highest BCUT2D eigenvalue weighted by Gasteiger charge is 2.18. The van der Waals surface area contributed by atoms with Crippen molar-refractivity contribution < 1.29 is 27.0 Å². The lowest BCUT2D eigenvalue weighted by atomic mass is 10.1. The molecule has 34 heavy (non-hydrogen) atoms. The van der Waals surface area contributed by atoms with Gasteiger partial charge in [0.05, 0.1) is 11.4 Å². The van der Waals surface area contributed by atoms with Gasteiger partial charge in [0.2, 0.25) is 0 Å². The maximum atomic E-state index is 13.1. The van der Waals surface area contributed by atoms with Crippen molar-refractivity contribution in [3.63, 3.8) is 0 Å². The number of hydrogen-bond donors (Lipinski definition) is 0. The Morgan fingerprint density at radius 2 is 1.50 bits per heavy atom. The van der Waals surface area contributed by atoms with E-state index in [1.165, 1.54) is 15.2 Å². The first-order valence-electron chi connectivity index (χ1n) is 10.5. The smallest absolute Gasteiger partial charge is 0.387 e. The van der Waals surface area contributed by atoms with Crippen LogP contribution in [0.4, 0.5) is 23.2 Å². The molecule has 0 spiro atoms. The van der Waals surface area contributed by atoms with Crippen LogP contribution < -0.4 is 20.7 Å². The minimum absolute atomic E-state index is 0.269. The average molecular weight is 479 g/mol. The van der Waals surface area contributed by atoms with Crippen LogP contribution in [0.1, 0.15) is 23.6 Å². The molecule has 0 fully saturated rings. The number of rotatable bonds is 7. The Morgan fingerprint density at radius 1 is 0.912 bits per heavy atom. The molecule has 0 aliphatic carbocycles. The van der Waals surface area contributed by atoms with Crippen LogP contribution in [-0.4, -0.2) is 22.4 Å². The van der Waals surface area contributed by atoms with Crippen LogP contribution in [-0.2, 0) is 13.6 Å². The van der Waals surface area contributed by atoms with Crippen molar-refractivity contribution in [1.29, 1.82) is 0 Å². The lowest BCUT2D eigenvalue weighted by Gasteiger charge is -2.17. The summed E-state index contributed by atoms with van der Waals surface area (Å²) in [6, 6.07) is 9.23. The monoisotopic (exact) mass is 479 g/mol. The number of aryl methyl sites for hydroxylation is 3. The minimum Gasteiger partial charge on any atom is -0.431 e. The summed E-state index contributed by atoms with van der Waals surface area (Å²) in [7, 11) is 1.58. The SMILES string of the molecule is CCn1c(-c2ccc(OC(F)F)c(OC(F)F)c2)c/c(=N/c2c(C)cc(C)cc2C)n(C)c1=O. The van der Waals surface area contributed by atoms with Gasteiger partial charge >= 0.3 is 18.9 Å². The van der Waals surface area contributed by atoms with Crippen molar-refractivity contribution in [1.82, 2.24) is 9.13 Å². The van der Waals surface area contributed by atoms with Crippen molar-refractivity contribution >= 4 is 5.69 Å². The number of aromatic nitrogens is 2. The van der Waals surface area contributed by atoms with Crippen LogP contribution in [0.3, 0.4) is 0 Å². The molecule has 3 aromatic rings. The molecule has 1 heterocycles. The van der Waals surface area contributed by atoms with E-state index in [1.54, 1.807) is 20.0 Å². The number of benzene rings is 2. The van der Waals surface area contributed by atoms with Crippen molar-refractivity contribution in [2.75, 3.05) is 0 Å². The molecule has 0 amide bonds. The molecular weight excluding hydrogens is 454 g/mol. The topological polar surface area (TPSA) is 57.8 Å². The lowest BCUT2D eigenvalue weighted by molar-refractivity contribution is -0.0692. The predicted octanol–water partition coefficient (Wildman–Crippen LogP) is 5.23. The fraction of sp³-hybridized carbons (Fsp3) is 0.333. The second-order valence-corrected chi connectivity index (χ2v) is 7.75. The van der Waals surface area contributed by atoms with E-state index >= 15 is 0 Å². The van der Waals surface area contributed by atoms with Crippen LogP contribution in [0.15, 0.2) is 46.2 Å². The standard InChI is InChI=1S/C24H25F4N3O3/c1-6-31-17(16-7-8-18(33-22(25)26)19(11-16)34-23(27)28)12-20(30(5)24(31)32)29-21-14(3)9-13(2)10-15(21)4/h7-12,22-23H,6H2,1-5H3/b29-20-. The Labute approximate surface area is 193 Å². The Morgan fingerprint density at radius 3 is 2.06 bits per heavy atom. The van der Waals surface area contributed by atoms with Crippen LogP contribution in [0.2, 0.25) is 0 Å². The van der Waals surface area contributed by atoms with E-state index in [9.17, 15) is 22.4 Å². The first-order chi connectivity index (χ1) is 16.0. The van der Waals surface area contributed by atoms with E-state index in [-0.39, 0.29) is 12.2 Å². The van der Waals surface area contributed by atoms with Gasteiger partial charge in [0.25, 0.3) is 0 Å². The van der Waals surface area contributed by atoms with Crippen LogP contribution >= 0.6 is 0 Å². The molecule has 1 aromatic heterocycles. The van der Waals surface area contributed by atoms with Crippen molar-refractivity contribution in [3.05, 3.63) is 69.1 Å². The highest BCUT2D eigenvalue weighted by atomic mass is 19.3. The van der Waals surface area contributed by atoms with Gasteiger partial charge in [0.15, 0.2) is 11.5 Å². The van der Waals surface area contributed by atoms with E-state index in [0.29, 0.717) is 22.4 Å². The van der Waals surface area contributed by atoms with Crippen LogP contribution in [0, 0.1) is 20.8 Å². The fourth-order valence-electron chi connectivity index (χ4n) is 3.84. The quantitative estimate of drug-likeness (QED) is 0.436. The number of nitrogens with zero attached hydrogens (tertiary/aromatic N) is 3. The van der Waals surface area contributed by atoms with Gasteiger partial charge in [-0.3, -0.25) is 9.13 Å². The van der Waals surface area contributed by atoms with Gasteiger partial charge in [0, 0.05) is 25.2 Å². The fourth-order valence-corrected chi connectivity index (χ4v) is 3.84. The van der Waals surface area contributed by atoms with Gasteiger partial charge in [-0.1, -0.05) is 17.7 Å². The molecule has 0 radical (unpaired) electrons. The van der Waals surface area contributed by atoms with E-state index in [2.05, 4.69) is 9.47 Å². The highest BCUT2D eigenvalue weighted by Crippen LogP contribution is 2.34. The molecular formula is C24H25F4N3O3. The zero-order valence-electron chi connectivity index (χ0n) is 19.4. The molecule has 0 saturated heterocycles. The molecule has 182 valence electrons. The van der Waals surface area contributed by atoms with Crippen molar-refractivity contribution in [2.45, 2.75) is 47.5 Å². The Bertz CT molecular complexity index is 1310. The first-order valence-corrected chi connectivity index (χ1v) is 10.5. The molecule has 0 saturated carbocycles. The third kappa shape index (κ3) is 5.32. The predicted molar refractivity (Wildman–Crippen MR) is 120 cm³/mol. The lowest BCUT2D eigenvalue weighted by Crippen LogP contribution is -2.38. The molecule has 0 atom stereocenters. The van der Waals surface area contributed by atoms with E-state index in [1.807, 2.05) is 32.9 Å². The summed E-state index contributed by atoms with van der Waals surface area (Å²) in [6.45, 7) is 1.36. The largest absolute Gasteiger partial charge is 0.431 e. The number of hydrogen-bond acceptors (Lipinski definition) is 4. The number of halogens is 4. The Hall–Kier alpha value is -3.56. The maximum absolute atomic E-state index is 13.1. The summed E-state index contributed by atoms with van der Waals surface area (Å²) in [4.78, 5) is 17.8. The van der Waals surface area contributed by atoms with Gasteiger partial charge in [0.1, 0.15) is 5.49 Å². The summed E-state index contributed by atoms with van der Waals surface area (Å²) in [5, 5.41) is 0. The molecule has 3 rings (SSSR count). The van der Waals surface area contributed by atoms with Crippen molar-refractivity contribution in [2.24, 2.45) is 12.0 Å². The Balaban J connectivity index is 2.27. The zero-order valence-corrected chi connectivity index (χ0v) is 19.4. The molecule has 6 nitrogen and oxygen atoms in total. The average Bonchev–Trinajstić information content (AvgIpc) is 2.74. The molecule has 0 unspecified atom stereocenters. The van der Waals surface area contributed by atoms with Gasteiger partial charge < -0.3 is 9.47 Å². The highest BCUT2D eigenvalue weighted by molar-refractivity contribution is 5.64. The van der Waals surface area contributed by atoms with Gasteiger partial charge in [-0.2, -0.15) is 17.6 Å². The van der Waals surface area contributed by atoms with Gasteiger partial charge in [-0.25, -0.2) is 9.79 Å².